The Balaban J connectivity index is 2.04. The second-order valence-corrected chi connectivity index (χ2v) is 4.13. The van der Waals surface area contributed by atoms with Crippen LogP contribution in [0.2, 0.25) is 0 Å². The molecular weight excluding hydrogens is 184 g/mol. The lowest BCUT2D eigenvalue weighted by atomic mass is 10.1. The van der Waals surface area contributed by atoms with Crippen LogP contribution in [0.5, 0.6) is 0 Å². The molecule has 0 aromatic heterocycles. The Morgan fingerprint density at radius 1 is 1.27 bits per heavy atom. The summed E-state index contributed by atoms with van der Waals surface area (Å²) in [6.45, 7) is 10.3. The van der Waals surface area contributed by atoms with Gasteiger partial charge in [-0.3, -0.25) is 0 Å². The van der Waals surface area contributed by atoms with Gasteiger partial charge in [0.05, 0.1) is 0 Å². The summed E-state index contributed by atoms with van der Waals surface area (Å²) in [7, 11) is 0. The van der Waals surface area contributed by atoms with E-state index in [1.807, 2.05) is 6.07 Å². The summed E-state index contributed by atoms with van der Waals surface area (Å²) in [6, 6.07) is 9.38. The maximum Gasteiger partial charge on any atom is 0.0397 e. The SMILES string of the molecule is CCN1CCN(c2cc[c]cc2C)CC1. The summed E-state index contributed by atoms with van der Waals surface area (Å²) < 4.78 is 0. The van der Waals surface area contributed by atoms with Crippen molar-refractivity contribution in [1.29, 1.82) is 0 Å². The van der Waals surface area contributed by atoms with Gasteiger partial charge in [-0.05, 0) is 37.2 Å². The van der Waals surface area contributed by atoms with Gasteiger partial charge in [0, 0.05) is 31.9 Å². The molecule has 81 valence electrons. The molecule has 2 rings (SSSR count). The average molecular weight is 203 g/mol. The summed E-state index contributed by atoms with van der Waals surface area (Å²) in [5, 5.41) is 0. The fourth-order valence-electron chi connectivity index (χ4n) is 2.17. The number of hydrogen-bond donors (Lipinski definition) is 0. The van der Waals surface area contributed by atoms with E-state index in [1.54, 1.807) is 0 Å². The highest BCUT2D eigenvalue weighted by molar-refractivity contribution is 5.53. The van der Waals surface area contributed by atoms with Crippen LogP contribution in [0, 0.1) is 13.0 Å². The molecule has 0 N–H and O–H groups in total. The molecule has 2 nitrogen and oxygen atoms in total. The number of aryl methyl sites for hydroxylation is 1. The van der Waals surface area contributed by atoms with Gasteiger partial charge in [0.2, 0.25) is 0 Å². The van der Waals surface area contributed by atoms with E-state index in [2.05, 4.69) is 41.8 Å². The number of benzene rings is 1. The first-order valence-corrected chi connectivity index (χ1v) is 5.75. The molecule has 0 atom stereocenters. The van der Waals surface area contributed by atoms with Crippen molar-refractivity contribution < 1.29 is 0 Å². The fraction of sp³-hybridized carbons (Fsp3) is 0.538. The van der Waals surface area contributed by atoms with Crippen LogP contribution in [0.1, 0.15) is 12.5 Å². The topological polar surface area (TPSA) is 6.48 Å². The second-order valence-electron chi connectivity index (χ2n) is 4.13. The van der Waals surface area contributed by atoms with Crippen LogP contribution in [0.4, 0.5) is 5.69 Å². The molecule has 1 aliphatic rings. The van der Waals surface area contributed by atoms with Gasteiger partial charge < -0.3 is 9.80 Å². The van der Waals surface area contributed by atoms with Gasteiger partial charge in [-0.1, -0.05) is 13.0 Å². The maximum atomic E-state index is 3.12. The van der Waals surface area contributed by atoms with Crippen molar-refractivity contribution in [2.45, 2.75) is 13.8 Å². The van der Waals surface area contributed by atoms with Crippen LogP contribution in [0.15, 0.2) is 18.2 Å². The summed E-state index contributed by atoms with van der Waals surface area (Å²) in [5.74, 6) is 0. The number of rotatable bonds is 2. The molecule has 0 amide bonds. The summed E-state index contributed by atoms with van der Waals surface area (Å²) in [6.07, 6.45) is 0. The first-order chi connectivity index (χ1) is 7.31. The Hall–Kier alpha value is -1.02. The largest absolute Gasteiger partial charge is 0.369 e. The normalized spacial score (nSPS) is 18.1. The van der Waals surface area contributed by atoms with Crippen molar-refractivity contribution in [2.75, 3.05) is 37.6 Å². The predicted octanol–water partition coefficient (Wildman–Crippen LogP) is 1.94. The third kappa shape index (κ3) is 2.32. The van der Waals surface area contributed by atoms with Gasteiger partial charge in [0.25, 0.3) is 0 Å². The molecule has 15 heavy (non-hydrogen) atoms. The Morgan fingerprint density at radius 3 is 2.60 bits per heavy atom. The molecule has 1 saturated heterocycles. The molecule has 0 spiro atoms. The van der Waals surface area contributed by atoms with E-state index in [0.29, 0.717) is 0 Å². The highest BCUT2D eigenvalue weighted by Gasteiger charge is 2.16. The van der Waals surface area contributed by atoms with Crippen LogP contribution in [0.3, 0.4) is 0 Å². The van der Waals surface area contributed by atoms with Crippen molar-refractivity contribution in [3.8, 4) is 0 Å². The van der Waals surface area contributed by atoms with E-state index >= 15 is 0 Å². The summed E-state index contributed by atoms with van der Waals surface area (Å²) >= 11 is 0. The van der Waals surface area contributed by atoms with Crippen LogP contribution in [0.25, 0.3) is 0 Å². The number of piperazine rings is 1. The highest BCUT2D eigenvalue weighted by Crippen LogP contribution is 2.20. The van der Waals surface area contributed by atoms with Crippen LogP contribution >= 0.6 is 0 Å². The molecule has 1 radical (unpaired) electrons. The molecule has 1 aromatic rings. The van der Waals surface area contributed by atoms with Crippen molar-refractivity contribution in [1.82, 2.24) is 4.90 Å². The number of hydrogen-bond acceptors (Lipinski definition) is 2. The number of nitrogens with zero attached hydrogens (tertiary/aromatic N) is 2. The van der Waals surface area contributed by atoms with Gasteiger partial charge in [0.15, 0.2) is 0 Å². The minimum Gasteiger partial charge on any atom is -0.369 e. The predicted molar refractivity (Wildman–Crippen MR) is 64.3 cm³/mol. The average Bonchev–Trinajstić information content (AvgIpc) is 2.30. The monoisotopic (exact) mass is 203 g/mol. The zero-order chi connectivity index (χ0) is 10.7. The zero-order valence-electron chi connectivity index (χ0n) is 9.66. The van der Waals surface area contributed by atoms with Crippen molar-refractivity contribution in [2.24, 2.45) is 0 Å². The van der Waals surface area contributed by atoms with E-state index < -0.39 is 0 Å². The molecule has 1 fully saturated rings. The lowest BCUT2D eigenvalue weighted by Crippen LogP contribution is -2.46. The van der Waals surface area contributed by atoms with Crippen molar-refractivity contribution in [3.05, 3.63) is 29.8 Å². The Bertz CT molecular complexity index is 314. The molecule has 0 unspecified atom stereocenters. The second kappa shape index (κ2) is 4.67. The minimum atomic E-state index is 1.15. The minimum absolute atomic E-state index is 1.15. The molecule has 2 heteroatoms. The van der Waals surface area contributed by atoms with Crippen LogP contribution in [-0.4, -0.2) is 37.6 Å². The Labute approximate surface area is 92.5 Å². The van der Waals surface area contributed by atoms with Gasteiger partial charge in [-0.25, -0.2) is 0 Å². The van der Waals surface area contributed by atoms with E-state index in [4.69, 9.17) is 0 Å². The quantitative estimate of drug-likeness (QED) is 0.724. The van der Waals surface area contributed by atoms with Crippen molar-refractivity contribution >= 4 is 5.69 Å². The molecule has 0 saturated carbocycles. The first-order valence-electron chi connectivity index (χ1n) is 5.75. The lowest BCUT2D eigenvalue weighted by molar-refractivity contribution is 0.271. The van der Waals surface area contributed by atoms with Gasteiger partial charge in [0.1, 0.15) is 0 Å². The molecule has 0 aliphatic carbocycles. The van der Waals surface area contributed by atoms with E-state index in [9.17, 15) is 0 Å². The standard InChI is InChI=1S/C13H19N2/c1-3-14-8-10-15(11-9-14)13-7-5-4-6-12(13)2/h5-7H,3,8-11H2,1-2H3. The van der Waals surface area contributed by atoms with Gasteiger partial charge in [-0.15, -0.1) is 0 Å². The number of anilines is 1. The summed E-state index contributed by atoms with van der Waals surface area (Å²) in [4.78, 5) is 4.98. The third-order valence-corrected chi connectivity index (χ3v) is 3.20. The fourth-order valence-corrected chi connectivity index (χ4v) is 2.17. The molecular formula is C13H19N2. The molecule has 1 aromatic carbocycles. The Morgan fingerprint density at radius 2 is 2.00 bits per heavy atom. The van der Waals surface area contributed by atoms with Gasteiger partial charge >= 0.3 is 0 Å². The van der Waals surface area contributed by atoms with E-state index in [1.165, 1.54) is 30.9 Å². The smallest absolute Gasteiger partial charge is 0.0397 e. The molecule has 1 heterocycles. The van der Waals surface area contributed by atoms with Crippen molar-refractivity contribution in [3.63, 3.8) is 0 Å². The first kappa shape index (κ1) is 10.5. The molecule has 1 aliphatic heterocycles. The molecule has 0 bridgehead atoms. The van der Waals surface area contributed by atoms with Crippen LogP contribution in [-0.2, 0) is 0 Å². The highest BCUT2D eigenvalue weighted by atomic mass is 15.3. The van der Waals surface area contributed by atoms with E-state index in [0.717, 1.165) is 13.1 Å². The van der Waals surface area contributed by atoms with Crippen LogP contribution < -0.4 is 4.90 Å². The Kier molecular flexibility index (Phi) is 3.27. The third-order valence-electron chi connectivity index (χ3n) is 3.20. The lowest BCUT2D eigenvalue weighted by Gasteiger charge is -2.36. The maximum absolute atomic E-state index is 3.12. The number of likely N-dealkylation sites (N-methyl/N-ethyl adjacent to an activating group) is 1. The summed E-state index contributed by atoms with van der Waals surface area (Å²) in [5.41, 5.74) is 2.71. The van der Waals surface area contributed by atoms with E-state index in [-0.39, 0.29) is 0 Å². The van der Waals surface area contributed by atoms with Gasteiger partial charge in [-0.2, -0.15) is 0 Å². The zero-order valence-corrected chi connectivity index (χ0v) is 9.66.